The number of hydrazine groups is 1. The second kappa shape index (κ2) is 7.34. The van der Waals surface area contributed by atoms with Crippen molar-refractivity contribution in [3.05, 3.63) is 32.9 Å². The van der Waals surface area contributed by atoms with E-state index in [0.717, 1.165) is 12.3 Å². The summed E-state index contributed by atoms with van der Waals surface area (Å²) >= 11 is 2.41. The Kier molecular flexibility index (Phi) is 6.44. The van der Waals surface area contributed by atoms with E-state index < -0.39 is 0 Å². The third kappa shape index (κ3) is 4.56. The van der Waals surface area contributed by atoms with Crippen molar-refractivity contribution in [2.75, 3.05) is 0 Å². The minimum atomic E-state index is 0.278. The lowest BCUT2D eigenvalue weighted by atomic mass is 9.97. The van der Waals surface area contributed by atoms with Gasteiger partial charge in [-0.1, -0.05) is 44.9 Å². The number of nitrogens with two attached hydrogens (primary N) is 1. The van der Waals surface area contributed by atoms with Crippen LogP contribution in [0.2, 0.25) is 0 Å². The van der Waals surface area contributed by atoms with Gasteiger partial charge in [0.05, 0.1) is 0 Å². The largest absolute Gasteiger partial charge is 0.271 e. The second-order valence-corrected chi connectivity index (χ2v) is 6.10. The number of halogens is 1. The summed E-state index contributed by atoms with van der Waals surface area (Å²) < 4.78 is 1.33. The Balaban J connectivity index is 2.69. The summed E-state index contributed by atoms with van der Waals surface area (Å²) in [6, 6.07) is 6.71. The van der Waals surface area contributed by atoms with Crippen LogP contribution < -0.4 is 11.3 Å². The van der Waals surface area contributed by atoms with Gasteiger partial charge in [-0.05, 0) is 53.0 Å². The molecule has 0 aromatic heterocycles. The molecule has 1 atom stereocenters. The average molecular weight is 346 g/mol. The van der Waals surface area contributed by atoms with Gasteiger partial charge in [0.25, 0.3) is 0 Å². The molecular weight excluding hydrogens is 323 g/mol. The first-order valence-corrected chi connectivity index (χ1v) is 7.35. The van der Waals surface area contributed by atoms with Crippen LogP contribution in [0.1, 0.15) is 50.3 Å². The third-order valence-electron chi connectivity index (χ3n) is 3.07. The number of aryl methyl sites for hydroxylation is 1. The Morgan fingerprint density at radius 1 is 1.29 bits per heavy atom. The van der Waals surface area contributed by atoms with Crippen molar-refractivity contribution in [1.82, 2.24) is 5.43 Å². The van der Waals surface area contributed by atoms with Crippen LogP contribution in [0.5, 0.6) is 0 Å². The van der Waals surface area contributed by atoms with Crippen LogP contribution in [0.25, 0.3) is 0 Å². The van der Waals surface area contributed by atoms with Gasteiger partial charge in [0.15, 0.2) is 0 Å². The maximum absolute atomic E-state index is 5.69. The summed E-state index contributed by atoms with van der Waals surface area (Å²) in [4.78, 5) is 0. The molecule has 3 N–H and O–H groups in total. The van der Waals surface area contributed by atoms with E-state index in [1.165, 1.54) is 27.5 Å². The quantitative estimate of drug-likeness (QED) is 0.465. The Morgan fingerprint density at radius 3 is 2.59 bits per heavy atom. The van der Waals surface area contributed by atoms with Crippen molar-refractivity contribution in [2.45, 2.75) is 46.1 Å². The highest BCUT2D eigenvalue weighted by molar-refractivity contribution is 14.1. The van der Waals surface area contributed by atoms with E-state index in [1.807, 2.05) is 0 Å². The zero-order chi connectivity index (χ0) is 12.8. The van der Waals surface area contributed by atoms with Crippen LogP contribution in [0.3, 0.4) is 0 Å². The van der Waals surface area contributed by atoms with Gasteiger partial charge in [-0.3, -0.25) is 11.3 Å². The highest BCUT2D eigenvalue weighted by Gasteiger charge is 2.13. The molecule has 1 aromatic rings. The molecule has 96 valence electrons. The van der Waals surface area contributed by atoms with Gasteiger partial charge in [0, 0.05) is 9.61 Å². The molecule has 0 spiro atoms. The number of hydrogen-bond donors (Lipinski definition) is 2. The lowest BCUT2D eigenvalue weighted by Crippen LogP contribution is -2.28. The summed E-state index contributed by atoms with van der Waals surface area (Å²) in [5.74, 6) is 6.46. The van der Waals surface area contributed by atoms with Crippen LogP contribution >= 0.6 is 22.6 Å². The van der Waals surface area contributed by atoms with Crippen LogP contribution in [0.15, 0.2) is 18.2 Å². The topological polar surface area (TPSA) is 38.0 Å². The summed E-state index contributed by atoms with van der Waals surface area (Å²) in [7, 11) is 0. The fraction of sp³-hybridized carbons (Fsp3) is 0.571. The Bertz CT molecular complexity index is 350. The first-order valence-electron chi connectivity index (χ1n) is 6.27. The van der Waals surface area contributed by atoms with E-state index >= 15 is 0 Å². The molecule has 3 heteroatoms. The van der Waals surface area contributed by atoms with Crippen molar-refractivity contribution in [2.24, 2.45) is 11.8 Å². The van der Waals surface area contributed by atoms with Crippen molar-refractivity contribution in [3.8, 4) is 0 Å². The van der Waals surface area contributed by atoms with Crippen LogP contribution in [-0.2, 0) is 0 Å². The maximum Gasteiger partial charge on any atom is 0.0470 e. The molecule has 0 saturated heterocycles. The molecule has 0 bridgehead atoms. The standard InChI is InChI=1S/C14H23IN2/c1-10(2)6-4-9-13(17-16)12-8-5-7-11(3)14(12)15/h5,7-8,10,13,17H,4,6,9,16H2,1-3H3. The molecule has 1 rings (SSSR count). The normalized spacial score (nSPS) is 13.1. The van der Waals surface area contributed by atoms with Crippen molar-refractivity contribution in [3.63, 3.8) is 0 Å². The zero-order valence-corrected chi connectivity index (χ0v) is 13.1. The molecule has 0 amide bonds. The molecule has 1 aromatic carbocycles. The summed E-state index contributed by atoms with van der Waals surface area (Å²) in [5, 5.41) is 0. The molecule has 17 heavy (non-hydrogen) atoms. The lowest BCUT2D eigenvalue weighted by molar-refractivity contribution is 0.454. The van der Waals surface area contributed by atoms with Crippen molar-refractivity contribution in [1.29, 1.82) is 0 Å². The van der Waals surface area contributed by atoms with E-state index in [4.69, 9.17) is 5.84 Å². The van der Waals surface area contributed by atoms with Gasteiger partial charge >= 0.3 is 0 Å². The summed E-state index contributed by atoms with van der Waals surface area (Å²) in [5.41, 5.74) is 5.61. The summed E-state index contributed by atoms with van der Waals surface area (Å²) in [6.07, 6.45) is 3.59. The number of benzene rings is 1. The van der Waals surface area contributed by atoms with E-state index in [2.05, 4.69) is 67.0 Å². The summed E-state index contributed by atoms with van der Waals surface area (Å²) in [6.45, 7) is 6.68. The van der Waals surface area contributed by atoms with Crippen molar-refractivity contribution >= 4 is 22.6 Å². The predicted octanol–water partition coefficient (Wildman–Crippen LogP) is 3.93. The van der Waals surface area contributed by atoms with Gasteiger partial charge in [-0.25, -0.2) is 0 Å². The fourth-order valence-corrected chi connectivity index (χ4v) is 2.73. The lowest BCUT2D eigenvalue weighted by Gasteiger charge is -2.19. The zero-order valence-electron chi connectivity index (χ0n) is 11.0. The second-order valence-electron chi connectivity index (χ2n) is 5.02. The molecule has 0 radical (unpaired) electrons. The molecular formula is C14H23IN2. The van der Waals surface area contributed by atoms with Gasteiger partial charge < -0.3 is 0 Å². The molecule has 2 nitrogen and oxygen atoms in total. The molecule has 1 unspecified atom stereocenters. The maximum atomic E-state index is 5.69. The smallest absolute Gasteiger partial charge is 0.0470 e. The van der Waals surface area contributed by atoms with Crippen molar-refractivity contribution < 1.29 is 0 Å². The number of hydrogen-bond acceptors (Lipinski definition) is 2. The highest BCUT2D eigenvalue weighted by atomic mass is 127. The Morgan fingerprint density at radius 2 is 2.00 bits per heavy atom. The number of rotatable bonds is 6. The first-order chi connectivity index (χ1) is 8.06. The van der Waals surface area contributed by atoms with E-state index in [9.17, 15) is 0 Å². The van der Waals surface area contributed by atoms with E-state index in [-0.39, 0.29) is 6.04 Å². The van der Waals surface area contributed by atoms with E-state index in [0.29, 0.717) is 0 Å². The highest BCUT2D eigenvalue weighted by Crippen LogP contribution is 2.26. The molecule has 0 fully saturated rings. The molecule has 0 saturated carbocycles. The molecule has 0 aliphatic rings. The van der Waals surface area contributed by atoms with Gasteiger partial charge in [0.1, 0.15) is 0 Å². The Labute approximate surface area is 118 Å². The minimum absolute atomic E-state index is 0.278. The SMILES string of the molecule is Cc1cccc(C(CCCC(C)C)NN)c1I. The fourth-order valence-electron chi connectivity index (χ4n) is 2.00. The monoisotopic (exact) mass is 346 g/mol. The molecule has 0 aliphatic heterocycles. The molecule has 0 heterocycles. The first kappa shape index (κ1) is 14.9. The average Bonchev–Trinajstić information content (AvgIpc) is 2.28. The van der Waals surface area contributed by atoms with Crippen LogP contribution in [0.4, 0.5) is 0 Å². The predicted molar refractivity (Wildman–Crippen MR) is 82.6 cm³/mol. The van der Waals surface area contributed by atoms with Gasteiger partial charge in [-0.15, -0.1) is 0 Å². The number of nitrogens with one attached hydrogen (secondary N) is 1. The Hall–Kier alpha value is -0.130. The van der Waals surface area contributed by atoms with Gasteiger partial charge in [-0.2, -0.15) is 0 Å². The van der Waals surface area contributed by atoms with Crippen LogP contribution in [-0.4, -0.2) is 0 Å². The molecule has 0 aliphatic carbocycles. The van der Waals surface area contributed by atoms with Gasteiger partial charge in [0.2, 0.25) is 0 Å². The third-order valence-corrected chi connectivity index (χ3v) is 4.55. The van der Waals surface area contributed by atoms with E-state index in [1.54, 1.807) is 0 Å². The van der Waals surface area contributed by atoms with Crippen LogP contribution in [0, 0.1) is 16.4 Å². The minimum Gasteiger partial charge on any atom is -0.271 e.